The molecule has 0 saturated heterocycles. The lowest BCUT2D eigenvalue weighted by Gasteiger charge is -2.26. The monoisotopic (exact) mass is 224 g/mol. The Morgan fingerprint density at radius 3 is 2.40 bits per heavy atom. The van der Waals surface area contributed by atoms with Crippen LogP contribution < -0.4 is 0 Å². The maximum Gasteiger partial charge on any atom is 0.270 e. The van der Waals surface area contributed by atoms with E-state index in [0.717, 1.165) is 4.90 Å². The molecule has 0 spiro atoms. The Morgan fingerprint density at radius 2 is 2.00 bits per heavy atom. The predicted molar refractivity (Wildman–Crippen MR) is 61.4 cm³/mol. The van der Waals surface area contributed by atoms with Crippen LogP contribution >= 0.6 is 10.0 Å². The molecule has 0 bridgehead atoms. The molecule has 0 aromatic heterocycles. The average Bonchev–Trinajstić information content (AvgIpc) is 2.15. The van der Waals surface area contributed by atoms with Gasteiger partial charge in [0.15, 0.2) is 0 Å². The minimum atomic E-state index is -1.03. The topological polar surface area (TPSA) is 66.9 Å². The Bertz CT molecular complexity index is 444. The summed E-state index contributed by atoms with van der Waals surface area (Å²) in [6, 6.07) is 6.49. The van der Waals surface area contributed by atoms with Crippen molar-refractivity contribution in [3.05, 3.63) is 33.9 Å². The van der Waals surface area contributed by atoms with Crippen LogP contribution in [0.4, 0.5) is 5.69 Å². The van der Waals surface area contributed by atoms with Crippen molar-refractivity contribution in [1.82, 2.24) is 0 Å². The normalized spacial score (nSPS) is 11.9. The molecule has 0 heterocycles. The van der Waals surface area contributed by atoms with Gasteiger partial charge in [0.2, 0.25) is 0 Å². The molecule has 0 aliphatic heterocycles. The Hall–Kier alpha value is -1.54. The van der Waals surface area contributed by atoms with Gasteiger partial charge >= 0.3 is 0 Å². The number of non-ortho nitro benzene ring substituents is 1. The van der Waals surface area contributed by atoms with Gasteiger partial charge < -0.3 is 0 Å². The van der Waals surface area contributed by atoms with Crippen LogP contribution in [0, 0.1) is 21.4 Å². The molecule has 5 heteroatoms. The molecular weight excluding hydrogens is 212 g/mol. The first-order chi connectivity index (χ1) is 6.86. The van der Waals surface area contributed by atoms with Gasteiger partial charge in [-0.25, -0.2) is 10.0 Å². The highest BCUT2D eigenvalue weighted by atomic mass is 32.3. The molecule has 4 nitrogen and oxygen atoms in total. The Morgan fingerprint density at radius 1 is 1.40 bits per heavy atom. The lowest BCUT2D eigenvalue weighted by Crippen LogP contribution is -1.98. The second-order valence-electron chi connectivity index (χ2n) is 3.89. The van der Waals surface area contributed by atoms with Gasteiger partial charge in [0, 0.05) is 17.0 Å². The second kappa shape index (κ2) is 3.91. The standard InChI is InChI=1S/C10H12N2O2S/c1-15(2,3)10-5-4-9(12(13)14)6-8(10)7-11/h4-6H,1-3H3. The zero-order valence-electron chi connectivity index (χ0n) is 8.85. The lowest BCUT2D eigenvalue weighted by molar-refractivity contribution is -0.384. The predicted octanol–water partition coefficient (Wildman–Crippen LogP) is 2.52. The highest BCUT2D eigenvalue weighted by Crippen LogP contribution is 2.47. The van der Waals surface area contributed by atoms with Crippen LogP contribution in [-0.4, -0.2) is 23.7 Å². The third-order valence-corrected chi connectivity index (χ3v) is 3.63. The van der Waals surface area contributed by atoms with Crippen LogP contribution in [0.3, 0.4) is 0 Å². The van der Waals surface area contributed by atoms with E-state index in [0.29, 0.717) is 5.56 Å². The van der Waals surface area contributed by atoms with Crippen molar-refractivity contribution in [2.24, 2.45) is 0 Å². The van der Waals surface area contributed by atoms with E-state index < -0.39 is 15.0 Å². The van der Waals surface area contributed by atoms with Crippen LogP contribution in [0.2, 0.25) is 0 Å². The van der Waals surface area contributed by atoms with Crippen molar-refractivity contribution in [2.45, 2.75) is 4.90 Å². The molecule has 0 unspecified atom stereocenters. The van der Waals surface area contributed by atoms with E-state index in [9.17, 15) is 10.1 Å². The fourth-order valence-electron chi connectivity index (χ4n) is 1.25. The van der Waals surface area contributed by atoms with Crippen molar-refractivity contribution in [2.75, 3.05) is 18.8 Å². The molecule has 0 aliphatic carbocycles. The van der Waals surface area contributed by atoms with E-state index in [1.54, 1.807) is 6.07 Å². The summed E-state index contributed by atoms with van der Waals surface area (Å²) in [6.45, 7) is 0. The number of hydrogen-bond acceptors (Lipinski definition) is 3. The summed E-state index contributed by atoms with van der Waals surface area (Å²) in [5.74, 6) is 0. The molecule has 0 radical (unpaired) electrons. The fourth-order valence-corrected chi connectivity index (χ4v) is 2.49. The lowest BCUT2D eigenvalue weighted by atomic mass is 10.2. The third-order valence-electron chi connectivity index (χ3n) is 1.95. The van der Waals surface area contributed by atoms with E-state index in [-0.39, 0.29) is 5.69 Å². The van der Waals surface area contributed by atoms with Crippen LogP contribution in [0.15, 0.2) is 23.1 Å². The molecule has 1 rings (SSSR count). The first-order valence-electron chi connectivity index (χ1n) is 4.23. The summed E-state index contributed by atoms with van der Waals surface area (Å²) < 4.78 is 0. The Kier molecular flexibility index (Phi) is 3.01. The van der Waals surface area contributed by atoms with Gasteiger partial charge in [-0.1, -0.05) is 0 Å². The SMILES string of the molecule is CS(C)(C)c1ccc([N+](=O)[O-])cc1C#N. The minimum absolute atomic E-state index is 0.0287. The summed E-state index contributed by atoms with van der Waals surface area (Å²) in [7, 11) is -1.03. The fraction of sp³-hybridized carbons (Fsp3) is 0.300. The van der Waals surface area contributed by atoms with Crippen molar-refractivity contribution in [3.8, 4) is 6.07 Å². The van der Waals surface area contributed by atoms with Gasteiger partial charge in [-0.2, -0.15) is 5.26 Å². The zero-order valence-corrected chi connectivity index (χ0v) is 9.67. The maximum atomic E-state index is 10.5. The summed E-state index contributed by atoms with van der Waals surface area (Å²) in [4.78, 5) is 11.0. The van der Waals surface area contributed by atoms with E-state index in [1.165, 1.54) is 12.1 Å². The van der Waals surface area contributed by atoms with Gasteiger partial charge in [0.1, 0.15) is 6.07 Å². The Balaban J connectivity index is 3.36. The molecule has 0 saturated carbocycles. The molecule has 0 N–H and O–H groups in total. The quantitative estimate of drug-likeness (QED) is 0.572. The van der Waals surface area contributed by atoms with Crippen molar-refractivity contribution < 1.29 is 4.92 Å². The second-order valence-corrected chi connectivity index (χ2v) is 8.00. The largest absolute Gasteiger partial charge is 0.270 e. The molecule has 15 heavy (non-hydrogen) atoms. The van der Waals surface area contributed by atoms with E-state index in [2.05, 4.69) is 18.8 Å². The molecule has 0 amide bonds. The number of benzene rings is 1. The smallest absolute Gasteiger partial charge is 0.258 e. The molecule has 0 atom stereocenters. The van der Waals surface area contributed by atoms with Gasteiger partial charge in [-0.3, -0.25) is 10.1 Å². The number of nitro benzene ring substituents is 1. The van der Waals surface area contributed by atoms with Crippen molar-refractivity contribution >= 4 is 15.7 Å². The highest BCUT2D eigenvalue weighted by molar-refractivity contribution is 8.32. The molecular formula is C10H12N2O2S. The summed E-state index contributed by atoms with van der Waals surface area (Å²) in [6.07, 6.45) is 6.15. The summed E-state index contributed by atoms with van der Waals surface area (Å²) >= 11 is 0. The molecule has 0 fully saturated rings. The first kappa shape index (κ1) is 11.5. The highest BCUT2D eigenvalue weighted by Gasteiger charge is 2.16. The van der Waals surface area contributed by atoms with E-state index in [1.807, 2.05) is 6.07 Å². The summed E-state index contributed by atoms with van der Waals surface area (Å²) in [5, 5.41) is 19.5. The van der Waals surface area contributed by atoms with Crippen LogP contribution in [0.5, 0.6) is 0 Å². The average molecular weight is 224 g/mol. The minimum Gasteiger partial charge on any atom is -0.258 e. The number of nitrogens with zero attached hydrogens (tertiary/aromatic N) is 2. The van der Waals surface area contributed by atoms with Crippen LogP contribution in [-0.2, 0) is 0 Å². The maximum absolute atomic E-state index is 10.5. The number of rotatable bonds is 2. The molecule has 0 aliphatic rings. The van der Waals surface area contributed by atoms with Gasteiger partial charge in [0.25, 0.3) is 5.69 Å². The number of nitro groups is 1. The summed E-state index contributed by atoms with van der Waals surface area (Å²) in [5.41, 5.74) is 0.380. The van der Waals surface area contributed by atoms with E-state index >= 15 is 0 Å². The molecule has 1 aromatic carbocycles. The third kappa shape index (κ3) is 2.48. The van der Waals surface area contributed by atoms with Gasteiger partial charge in [-0.05, 0) is 24.8 Å². The number of nitriles is 1. The first-order valence-corrected chi connectivity index (χ1v) is 7.09. The van der Waals surface area contributed by atoms with Crippen LogP contribution in [0.25, 0.3) is 0 Å². The van der Waals surface area contributed by atoms with Gasteiger partial charge in [0.05, 0.1) is 10.5 Å². The van der Waals surface area contributed by atoms with Gasteiger partial charge in [-0.15, -0.1) is 0 Å². The number of hydrogen-bond donors (Lipinski definition) is 0. The van der Waals surface area contributed by atoms with E-state index in [4.69, 9.17) is 5.26 Å². The van der Waals surface area contributed by atoms with Crippen molar-refractivity contribution in [3.63, 3.8) is 0 Å². The zero-order chi connectivity index (χ0) is 11.6. The molecule has 80 valence electrons. The van der Waals surface area contributed by atoms with Crippen molar-refractivity contribution in [1.29, 1.82) is 5.26 Å². The molecule has 1 aromatic rings. The van der Waals surface area contributed by atoms with Crippen LogP contribution in [0.1, 0.15) is 5.56 Å². The Labute approximate surface area is 90.0 Å².